The van der Waals surface area contributed by atoms with Gasteiger partial charge in [0.25, 0.3) is 0 Å². The van der Waals surface area contributed by atoms with Gasteiger partial charge in [-0.2, -0.15) is 9.97 Å². The van der Waals surface area contributed by atoms with Crippen molar-refractivity contribution in [2.75, 3.05) is 23.7 Å². The second kappa shape index (κ2) is 14.3. The maximum atomic E-state index is 12.1. The van der Waals surface area contributed by atoms with Crippen LogP contribution >= 0.6 is 0 Å². The van der Waals surface area contributed by atoms with E-state index in [0.717, 1.165) is 5.69 Å². The minimum atomic E-state index is -1.12. The highest BCUT2D eigenvalue weighted by atomic mass is 16.3. The normalized spacial score (nSPS) is 19.5. The van der Waals surface area contributed by atoms with E-state index < -0.39 is 24.3 Å². The van der Waals surface area contributed by atoms with Gasteiger partial charge in [0.1, 0.15) is 12.2 Å². The van der Waals surface area contributed by atoms with Crippen LogP contribution < -0.4 is 16.0 Å². The quantitative estimate of drug-likeness (QED) is 0.129. The van der Waals surface area contributed by atoms with E-state index in [4.69, 9.17) is 15.0 Å². The third-order valence-electron chi connectivity index (χ3n) is 8.89. The zero-order valence-electron chi connectivity index (χ0n) is 27.0. The molecule has 6 rings (SSSR count). The standard InChI is InChI=1S/C35H43N9O3/c1-4-29(45)40-27-17-28(32(47)31(27)46)44-21-39-30-33(37-18-26(23-11-7-5-8-12-23)24-13-9-6-10-14-24)41-35(42-34(30)44)36-16-15-25-19-43(20-38-25)22(2)3/h5-14,19-22,26-28,31-32,46-47H,4,15-18H2,1-3H3,(H,40,45)(H2,36,37,41,42)/t27-,28?,31+,32-/m0/s1. The average molecular weight is 638 g/mol. The van der Waals surface area contributed by atoms with Crippen molar-refractivity contribution >= 4 is 28.8 Å². The fourth-order valence-electron chi connectivity index (χ4n) is 6.19. The Morgan fingerprint density at radius 1 is 0.936 bits per heavy atom. The lowest BCUT2D eigenvalue weighted by Crippen LogP contribution is -2.42. The summed E-state index contributed by atoms with van der Waals surface area (Å²) in [5, 5.41) is 31.7. The Labute approximate surface area is 274 Å². The molecule has 1 aliphatic rings. The SMILES string of the molecule is CCC(=O)N[C@H]1CC(n2cnc3c(NCC(c4ccccc4)c4ccccc4)nc(NCCc4cn(C(C)C)cn4)nc32)[C@H](O)[C@@H]1O. The molecule has 1 fully saturated rings. The van der Waals surface area contributed by atoms with Crippen molar-refractivity contribution in [1.29, 1.82) is 0 Å². The minimum absolute atomic E-state index is 0.0479. The number of fused-ring (bicyclic) bond motifs is 1. The topological polar surface area (TPSA) is 155 Å². The number of benzene rings is 2. The largest absolute Gasteiger partial charge is 0.388 e. The number of imidazole rings is 2. The summed E-state index contributed by atoms with van der Waals surface area (Å²) < 4.78 is 3.86. The Balaban J connectivity index is 1.31. The van der Waals surface area contributed by atoms with Gasteiger partial charge in [-0.05, 0) is 31.4 Å². The van der Waals surface area contributed by atoms with Crippen molar-refractivity contribution in [2.24, 2.45) is 0 Å². The third kappa shape index (κ3) is 7.13. The fraction of sp³-hybridized carbons (Fsp3) is 0.400. The van der Waals surface area contributed by atoms with E-state index in [0.29, 0.717) is 61.3 Å². The van der Waals surface area contributed by atoms with Crippen LogP contribution in [0.5, 0.6) is 0 Å². The molecule has 1 saturated carbocycles. The van der Waals surface area contributed by atoms with Crippen molar-refractivity contribution in [3.63, 3.8) is 0 Å². The summed E-state index contributed by atoms with van der Waals surface area (Å²) in [5.41, 5.74) is 4.37. The molecule has 1 unspecified atom stereocenters. The van der Waals surface area contributed by atoms with E-state index in [9.17, 15) is 15.0 Å². The van der Waals surface area contributed by atoms with E-state index in [2.05, 4.69) is 63.6 Å². The Morgan fingerprint density at radius 2 is 1.64 bits per heavy atom. The van der Waals surface area contributed by atoms with Crippen molar-refractivity contribution in [2.45, 2.75) is 76.3 Å². The molecule has 2 aromatic carbocycles. The lowest BCUT2D eigenvalue weighted by atomic mass is 9.91. The van der Waals surface area contributed by atoms with Gasteiger partial charge in [0, 0.05) is 44.1 Å². The molecule has 0 radical (unpaired) electrons. The zero-order valence-corrected chi connectivity index (χ0v) is 27.0. The van der Waals surface area contributed by atoms with Gasteiger partial charge in [-0.1, -0.05) is 67.6 Å². The van der Waals surface area contributed by atoms with Gasteiger partial charge in [0.2, 0.25) is 11.9 Å². The van der Waals surface area contributed by atoms with Crippen LogP contribution in [0.15, 0.2) is 79.5 Å². The summed E-state index contributed by atoms with van der Waals surface area (Å²) in [4.78, 5) is 31.0. The minimum Gasteiger partial charge on any atom is -0.388 e. The predicted molar refractivity (Wildman–Crippen MR) is 181 cm³/mol. The van der Waals surface area contributed by atoms with Crippen molar-refractivity contribution in [1.82, 2.24) is 34.4 Å². The van der Waals surface area contributed by atoms with Crippen LogP contribution in [-0.4, -0.2) is 76.5 Å². The van der Waals surface area contributed by atoms with E-state index in [-0.39, 0.29) is 11.8 Å². The highest BCUT2D eigenvalue weighted by Gasteiger charge is 2.43. The van der Waals surface area contributed by atoms with Crippen LogP contribution in [0, 0.1) is 0 Å². The lowest BCUT2D eigenvalue weighted by molar-refractivity contribution is -0.122. The molecule has 12 nitrogen and oxygen atoms in total. The number of hydrogen-bond donors (Lipinski definition) is 5. The molecule has 0 bridgehead atoms. The van der Waals surface area contributed by atoms with Gasteiger partial charge in [0.05, 0.1) is 30.4 Å². The van der Waals surface area contributed by atoms with Crippen molar-refractivity contribution in [3.05, 3.63) is 96.3 Å². The zero-order chi connectivity index (χ0) is 32.9. The van der Waals surface area contributed by atoms with Gasteiger partial charge < -0.3 is 35.3 Å². The molecule has 5 aromatic rings. The molecule has 0 aliphatic heterocycles. The van der Waals surface area contributed by atoms with E-state index in [1.54, 1.807) is 17.8 Å². The van der Waals surface area contributed by atoms with Crippen LogP contribution in [0.4, 0.5) is 11.8 Å². The molecule has 0 saturated heterocycles. The number of aliphatic hydroxyl groups is 2. The van der Waals surface area contributed by atoms with Crippen LogP contribution in [0.3, 0.4) is 0 Å². The van der Waals surface area contributed by atoms with Gasteiger partial charge >= 0.3 is 0 Å². The first-order chi connectivity index (χ1) is 22.8. The van der Waals surface area contributed by atoms with E-state index in [1.807, 2.05) is 48.9 Å². The summed E-state index contributed by atoms with van der Waals surface area (Å²) in [6.45, 7) is 7.09. The number of rotatable bonds is 13. The molecular weight excluding hydrogens is 594 g/mol. The smallest absolute Gasteiger partial charge is 0.226 e. The summed E-state index contributed by atoms with van der Waals surface area (Å²) in [6.07, 6.45) is 4.59. The van der Waals surface area contributed by atoms with Crippen LogP contribution in [0.1, 0.15) is 68.4 Å². The number of anilines is 2. The van der Waals surface area contributed by atoms with Gasteiger partial charge in [-0.3, -0.25) is 4.79 Å². The number of hydrogen-bond acceptors (Lipinski definition) is 9. The Hall–Kier alpha value is -4.81. The number of carbonyl (C=O) groups excluding carboxylic acids is 1. The fourth-order valence-corrected chi connectivity index (χ4v) is 6.19. The third-order valence-corrected chi connectivity index (χ3v) is 8.89. The lowest BCUT2D eigenvalue weighted by Gasteiger charge is -2.20. The summed E-state index contributed by atoms with van der Waals surface area (Å²) >= 11 is 0. The van der Waals surface area contributed by atoms with Crippen molar-refractivity contribution in [3.8, 4) is 0 Å². The second-order valence-corrected chi connectivity index (χ2v) is 12.4. The first kappa shape index (κ1) is 32.1. The summed E-state index contributed by atoms with van der Waals surface area (Å²) in [7, 11) is 0. The van der Waals surface area contributed by atoms with E-state index >= 15 is 0 Å². The monoisotopic (exact) mass is 637 g/mol. The first-order valence-corrected chi connectivity index (χ1v) is 16.3. The van der Waals surface area contributed by atoms with Crippen LogP contribution in [0.2, 0.25) is 0 Å². The van der Waals surface area contributed by atoms with Crippen LogP contribution in [-0.2, 0) is 11.2 Å². The summed E-state index contributed by atoms with van der Waals surface area (Å²) in [5.74, 6) is 0.833. The Morgan fingerprint density at radius 3 is 2.28 bits per heavy atom. The number of nitrogens with zero attached hydrogens (tertiary/aromatic N) is 6. The molecule has 3 heterocycles. The Bertz CT molecular complexity index is 1730. The maximum absolute atomic E-state index is 12.1. The Kier molecular flexibility index (Phi) is 9.79. The first-order valence-electron chi connectivity index (χ1n) is 16.3. The maximum Gasteiger partial charge on any atom is 0.226 e. The number of aliphatic hydroxyl groups excluding tert-OH is 2. The molecule has 5 N–H and O–H groups in total. The highest BCUT2D eigenvalue weighted by molar-refractivity contribution is 5.84. The molecule has 12 heteroatoms. The number of carbonyl (C=O) groups is 1. The molecule has 1 aliphatic carbocycles. The summed E-state index contributed by atoms with van der Waals surface area (Å²) in [6, 6.07) is 19.9. The van der Waals surface area contributed by atoms with Crippen molar-refractivity contribution < 1.29 is 15.0 Å². The number of aromatic nitrogens is 6. The highest BCUT2D eigenvalue weighted by Crippen LogP contribution is 2.35. The van der Waals surface area contributed by atoms with Gasteiger partial charge in [-0.25, -0.2) is 9.97 Å². The van der Waals surface area contributed by atoms with Gasteiger partial charge in [0.15, 0.2) is 17.0 Å². The molecule has 1 amide bonds. The molecule has 47 heavy (non-hydrogen) atoms. The predicted octanol–water partition coefficient (Wildman–Crippen LogP) is 4.06. The van der Waals surface area contributed by atoms with Gasteiger partial charge in [-0.15, -0.1) is 0 Å². The molecule has 3 aromatic heterocycles. The second-order valence-electron chi connectivity index (χ2n) is 12.4. The number of amides is 1. The molecular formula is C35H43N9O3. The average Bonchev–Trinajstić information content (AvgIpc) is 3.81. The number of nitrogens with one attached hydrogen (secondary N) is 3. The molecule has 4 atom stereocenters. The van der Waals surface area contributed by atoms with E-state index in [1.165, 1.54) is 11.1 Å². The molecule has 0 spiro atoms. The molecule has 246 valence electrons. The van der Waals surface area contributed by atoms with Crippen LogP contribution in [0.25, 0.3) is 11.2 Å².